The Hall–Kier alpha value is -2.95. The number of hydrogen-bond acceptors (Lipinski definition) is 7. The van der Waals surface area contributed by atoms with E-state index in [-0.39, 0.29) is 17.1 Å². The highest BCUT2D eigenvalue weighted by atomic mass is 35.5. The van der Waals surface area contributed by atoms with Crippen molar-refractivity contribution in [2.45, 2.75) is 25.2 Å². The lowest BCUT2D eigenvalue weighted by molar-refractivity contribution is -0.115. The molecule has 0 fully saturated rings. The summed E-state index contributed by atoms with van der Waals surface area (Å²) < 4.78 is 32.6. The molecule has 0 aliphatic carbocycles. The van der Waals surface area contributed by atoms with Crippen molar-refractivity contribution < 1.29 is 17.9 Å². The fourth-order valence-corrected chi connectivity index (χ4v) is 5.77. The Labute approximate surface area is 200 Å². The van der Waals surface area contributed by atoms with Crippen molar-refractivity contribution in [2.75, 3.05) is 18.2 Å². The maximum absolute atomic E-state index is 12.6. The first kappa shape index (κ1) is 23.2. The number of carbonyl (C=O) groups is 1. The Morgan fingerprint density at radius 1 is 1.18 bits per heavy atom. The van der Waals surface area contributed by atoms with E-state index in [1.165, 1.54) is 35.3 Å². The Morgan fingerprint density at radius 3 is 2.58 bits per heavy atom. The number of aromatic nitrogens is 3. The summed E-state index contributed by atoms with van der Waals surface area (Å²) in [6, 6.07) is 11.5. The molecule has 172 valence electrons. The van der Waals surface area contributed by atoms with E-state index >= 15 is 0 Å². The second kappa shape index (κ2) is 9.12. The number of sulfone groups is 1. The minimum absolute atomic E-state index is 0.138. The van der Waals surface area contributed by atoms with Gasteiger partial charge < -0.3 is 10.1 Å². The van der Waals surface area contributed by atoms with E-state index in [9.17, 15) is 13.2 Å². The molecule has 4 aromatic rings. The maximum Gasteiger partial charge on any atom is 0.226 e. The molecule has 0 saturated carbocycles. The van der Waals surface area contributed by atoms with Crippen LogP contribution in [0.3, 0.4) is 0 Å². The molecule has 2 aromatic heterocycles. The van der Waals surface area contributed by atoms with Crippen LogP contribution in [0.15, 0.2) is 47.4 Å². The normalized spacial score (nSPS) is 11.6. The van der Waals surface area contributed by atoms with Crippen molar-refractivity contribution in [1.29, 1.82) is 0 Å². The summed E-state index contributed by atoms with van der Waals surface area (Å²) in [7, 11) is -2.12. The van der Waals surface area contributed by atoms with Crippen LogP contribution in [-0.2, 0) is 14.6 Å². The molecular formula is C22H21ClN4O4S2. The summed E-state index contributed by atoms with van der Waals surface area (Å²) in [6.07, 6.45) is -0.205. The number of methoxy groups -OCH3 is 1. The Bertz CT molecular complexity index is 1400. The number of fused-ring (bicyclic) bond motifs is 1. The van der Waals surface area contributed by atoms with Gasteiger partial charge in [0.2, 0.25) is 11.0 Å². The van der Waals surface area contributed by atoms with E-state index in [4.69, 9.17) is 16.3 Å². The van der Waals surface area contributed by atoms with E-state index in [0.29, 0.717) is 27.4 Å². The molecular weight excluding hydrogens is 484 g/mol. The predicted octanol–water partition coefficient (Wildman–Crippen LogP) is 4.56. The monoisotopic (exact) mass is 504 g/mol. The van der Waals surface area contributed by atoms with Crippen molar-refractivity contribution in [1.82, 2.24) is 14.8 Å². The smallest absolute Gasteiger partial charge is 0.226 e. The van der Waals surface area contributed by atoms with E-state index in [1.807, 2.05) is 19.1 Å². The van der Waals surface area contributed by atoms with Crippen molar-refractivity contribution >= 4 is 54.7 Å². The number of aryl methyl sites for hydroxylation is 2. The number of nitrogens with zero attached hydrogens (tertiary/aromatic N) is 3. The first-order valence-electron chi connectivity index (χ1n) is 9.97. The largest absolute Gasteiger partial charge is 0.497 e. The van der Waals surface area contributed by atoms with Gasteiger partial charge in [-0.25, -0.2) is 13.4 Å². The van der Waals surface area contributed by atoms with Gasteiger partial charge in [-0.05, 0) is 49.7 Å². The van der Waals surface area contributed by atoms with Crippen molar-refractivity contribution in [2.24, 2.45) is 0 Å². The molecule has 4 rings (SSSR count). The van der Waals surface area contributed by atoms with Crippen LogP contribution in [0.4, 0.5) is 5.82 Å². The molecule has 2 heterocycles. The first-order chi connectivity index (χ1) is 15.7. The van der Waals surface area contributed by atoms with Crippen LogP contribution >= 0.6 is 22.9 Å². The number of hydrogen-bond donors (Lipinski definition) is 1. The lowest BCUT2D eigenvalue weighted by Crippen LogP contribution is -2.19. The van der Waals surface area contributed by atoms with E-state index in [1.54, 1.807) is 25.1 Å². The fraction of sp³-hybridized carbons (Fsp3) is 0.227. The third-order valence-electron chi connectivity index (χ3n) is 4.98. The number of carbonyl (C=O) groups excluding carboxylic acids is 1. The molecule has 0 radical (unpaired) electrons. The zero-order valence-electron chi connectivity index (χ0n) is 18.1. The van der Waals surface area contributed by atoms with Gasteiger partial charge in [0.05, 0.1) is 38.7 Å². The predicted molar refractivity (Wildman–Crippen MR) is 130 cm³/mol. The van der Waals surface area contributed by atoms with Gasteiger partial charge in [-0.1, -0.05) is 29.0 Å². The second-order valence-corrected chi connectivity index (χ2v) is 10.9. The molecule has 0 unspecified atom stereocenters. The second-order valence-electron chi connectivity index (χ2n) is 7.41. The van der Waals surface area contributed by atoms with Crippen LogP contribution in [0.5, 0.6) is 5.75 Å². The Morgan fingerprint density at radius 2 is 1.91 bits per heavy atom. The highest BCUT2D eigenvalue weighted by Crippen LogP contribution is 2.34. The van der Waals surface area contributed by atoms with Gasteiger partial charge in [0.1, 0.15) is 11.6 Å². The number of ether oxygens (including phenoxy) is 1. The molecule has 0 bridgehead atoms. The molecule has 0 saturated heterocycles. The van der Waals surface area contributed by atoms with Gasteiger partial charge in [-0.2, -0.15) is 9.78 Å². The van der Waals surface area contributed by atoms with Gasteiger partial charge in [0, 0.05) is 12.5 Å². The quantitative estimate of drug-likeness (QED) is 0.395. The summed E-state index contributed by atoms with van der Waals surface area (Å²) in [4.78, 5) is 17.4. The van der Waals surface area contributed by atoms with E-state index in [0.717, 1.165) is 15.8 Å². The van der Waals surface area contributed by atoms with Crippen LogP contribution < -0.4 is 10.1 Å². The number of halogens is 1. The Kier molecular flexibility index (Phi) is 6.42. The van der Waals surface area contributed by atoms with Crippen LogP contribution in [-0.4, -0.2) is 42.0 Å². The molecule has 11 heteroatoms. The van der Waals surface area contributed by atoms with Crippen LogP contribution in [0.2, 0.25) is 5.02 Å². The van der Waals surface area contributed by atoms with Crippen LogP contribution in [0, 0.1) is 13.8 Å². The summed E-state index contributed by atoms with van der Waals surface area (Å²) in [5.74, 6) is 0.200. The number of nitrogens with one attached hydrogen (secondary N) is 1. The number of rotatable bonds is 7. The van der Waals surface area contributed by atoms with Crippen LogP contribution in [0.25, 0.3) is 15.3 Å². The van der Waals surface area contributed by atoms with Gasteiger partial charge in [0.15, 0.2) is 9.84 Å². The molecule has 1 amide bonds. The van der Waals surface area contributed by atoms with Crippen molar-refractivity contribution in [3.05, 3.63) is 58.7 Å². The lowest BCUT2D eigenvalue weighted by Gasteiger charge is -2.08. The zero-order chi connectivity index (χ0) is 23.8. The molecule has 8 nitrogen and oxygen atoms in total. The fourth-order valence-electron chi connectivity index (χ4n) is 3.25. The van der Waals surface area contributed by atoms with Crippen LogP contribution in [0.1, 0.15) is 17.7 Å². The third-order valence-corrected chi connectivity index (χ3v) is 8.21. The molecule has 0 aliphatic heterocycles. The summed E-state index contributed by atoms with van der Waals surface area (Å²) in [6.45, 7) is 3.74. The number of anilines is 1. The Balaban J connectivity index is 1.51. The van der Waals surface area contributed by atoms with Crippen molar-refractivity contribution in [3.63, 3.8) is 0 Å². The lowest BCUT2D eigenvalue weighted by atomic mass is 10.2. The molecule has 0 aliphatic rings. The zero-order valence-corrected chi connectivity index (χ0v) is 20.5. The van der Waals surface area contributed by atoms with Gasteiger partial charge in [-0.3, -0.25) is 4.79 Å². The highest BCUT2D eigenvalue weighted by molar-refractivity contribution is 7.91. The molecule has 0 spiro atoms. The standard InChI is InChI=1S/C22H21ClN4O4S2/c1-13-4-9-17(23)21-20(13)25-22(32-21)27-18(12-14(2)26-27)24-19(28)10-11-33(29,30)16-7-5-15(31-3)6-8-16/h4-9,12H,10-11H2,1-3H3,(H,24,28). The van der Waals surface area contributed by atoms with Gasteiger partial charge >= 0.3 is 0 Å². The number of thiazole rings is 1. The molecule has 1 N–H and O–H groups in total. The number of amides is 1. The summed E-state index contributed by atoms with van der Waals surface area (Å²) in [5, 5.41) is 8.34. The van der Waals surface area contributed by atoms with E-state index in [2.05, 4.69) is 15.4 Å². The minimum Gasteiger partial charge on any atom is -0.497 e. The van der Waals surface area contributed by atoms with Gasteiger partial charge in [0.25, 0.3) is 0 Å². The highest BCUT2D eigenvalue weighted by Gasteiger charge is 2.19. The van der Waals surface area contributed by atoms with Crippen molar-refractivity contribution in [3.8, 4) is 10.9 Å². The first-order valence-corrected chi connectivity index (χ1v) is 12.8. The average molecular weight is 505 g/mol. The maximum atomic E-state index is 12.6. The molecule has 33 heavy (non-hydrogen) atoms. The SMILES string of the molecule is COc1ccc(S(=O)(=O)CCC(=O)Nc2cc(C)nn2-c2nc3c(C)ccc(Cl)c3s2)cc1. The number of benzene rings is 2. The molecule has 0 atom stereocenters. The summed E-state index contributed by atoms with van der Waals surface area (Å²) >= 11 is 7.68. The molecule has 2 aromatic carbocycles. The summed E-state index contributed by atoms with van der Waals surface area (Å²) in [5.41, 5.74) is 2.44. The van der Waals surface area contributed by atoms with E-state index < -0.39 is 15.7 Å². The van der Waals surface area contributed by atoms with Gasteiger partial charge in [-0.15, -0.1) is 0 Å². The topological polar surface area (TPSA) is 103 Å². The minimum atomic E-state index is -3.62. The average Bonchev–Trinajstić information content (AvgIpc) is 3.39. The third kappa shape index (κ3) is 4.87.